The van der Waals surface area contributed by atoms with Gasteiger partial charge in [-0.15, -0.1) is 0 Å². The molecule has 0 saturated carbocycles. The summed E-state index contributed by atoms with van der Waals surface area (Å²) in [6.45, 7) is 25.5. The van der Waals surface area contributed by atoms with Gasteiger partial charge in [0.05, 0.1) is 0 Å². The second kappa shape index (κ2) is 25.6. The smallest absolute Gasteiger partial charge is 0.258 e. The van der Waals surface area contributed by atoms with Crippen LogP contribution in [0.5, 0.6) is 0 Å². The number of rotatable bonds is 8. The Kier molecular flexibility index (Phi) is 21.3. The predicted octanol–water partition coefficient (Wildman–Crippen LogP) is 10.2. The van der Waals surface area contributed by atoms with Crippen molar-refractivity contribution in [1.29, 1.82) is 0 Å². The maximum absolute atomic E-state index is 11.4. The first-order valence-electron chi connectivity index (χ1n) is 25.2. The van der Waals surface area contributed by atoms with Crippen LogP contribution in [0.4, 0.5) is 0 Å². The number of benzene rings is 8. The zero-order valence-corrected chi connectivity index (χ0v) is 50.9. The summed E-state index contributed by atoms with van der Waals surface area (Å²) in [7, 11) is -10.8. The molecule has 8 aromatic carbocycles. The van der Waals surface area contributed by atoms with Gasteiger partial charge >= 0.3 is 0 Å². The molecule has 0 radical (unpaired) electrons. The van der Waals surface area contributed by atoms with E-state index in [9.17, 15) is 19.2 Å². The van der Waals surface area contributed by atoms with Gasteiger partial charge in [-0.3, -0.25) is 0 Å². The molecule has 0 unspecified atom stereocenters. The van der Waals surface area contributed by atoms with Crippen LogP contribution in [0, 0.1) is 0 Å². The summed E-state index contributed by atoms with van der Waals surface area (Å²) in [6, 6.07) is 80.7. The second-order valence-electron chi connectivity index (χ2n) is 22.8. The maximum atomic E-state index is 11.4. The number of hydrogen-bond acceptors (Lipinski definition) is 4. The molecule has 4 nitrogen and oxygen atoms in total. The third kappa shape index (κ3) is 13.9. The van der Waals surface area contributed by atoms with Crippen LogP contribution in [0.15, 0.2) is 243 Å². The fourth-order valence-corrected chi connectivity index (χ4v) is 23.2. The van der Waals surface area contributed by atoms with Crippen molar-refractivity contribution in [2.24, 2.45) is 0 Å². The Bertz CT molecular complexity index is 2240. The fraction of sp³-hybridized carbons (Fsp3) is 0.250. The maximum Gasteiger partial charge on any atom is 0.258 e. The molecule has 0 aliphatic carbocycles. The van der Waals surface area contributed by atoms with Crippen molar-refractivity contribution in [3.63, 3.8) is 0 Å². The van der Waals surface area contributed by atoms with Gasteiger partial charge in [0.15, 0.2) is 0 Å². The summed E-state index contributed by atoms with van der Waals surface area (Å²) >= 11 is 0. The predicted molar refractivity (Wildman–Crippen MR) is 319 cm³/mol. The molecule has 4 N–H and O–H groups in total. The van der Waals surface area contributed by atoms with Gasteiger partial charge in [0.2, 0.25) is 0 Å². The Morgan fingerprint density at radius 2 is 0.274 bits per heavy atom. The average molecular weight is 1070 g/mol. The molecule has 380 valence electrons. The van der Waals surface area contributed by atoms with Gasteiger partial charge in [-0.05, 0) is 61.6 Å². The van der Waals surface area contributed by atoms with E-state index in [2.05, 4.69) is 83.1 Å². The van der Waals surface area contributed by atoms with Gasteiger partial charge in [-0.1, -0.05) is 326 Å². The van der Waals surface area contributed by atoms with Crippen molar-refractivity contribution >= 4 is 74.8 Å². The Labute approximate surface area is 458 Å². The van der Waals surface area contributed by atoms with Crippen LogP contribution in [0.25, 0.3) is 0 Å². The van der Waals surface area contributed by atoms with Gasteiger partial charge in [0, 0.05) is 21.7 Å². The van der Waals surface area contributed by atoms with E-state index in [1.165, 1.54) is 0 Å². The van der Waals surface area contributed by atoms with E-state index in [-0.39, 0.29) is 41.9 Å². The molecular weight excluding hydrogens is 993 g/mol. The first-order valence-corrected chi connectivity index (χ1v) is 33.0. The Hall–Kier alpha value is -4.82. The summed E-state index contributed by atoms with van der Waals surface area (Å²) in [6.07, 6.45) is 0. The average Bonchev–Trinajstić information content (AvgIpc) is 3.39. The van der Waals surface area contributed by atoms with Crippen molar-refractivity contribution in [2.45, 2.75) is 103 Å². The van der Waals surface area contributed by atoms with Gasteiger partial charge in [0.25, 0.3) is 33.3 Å². The molecule has 0 heterocycles. The van der Waals surface area contributed by atoms with Crippen LogP contribution in [-0.4, -0.2) is 52.5 Å². The third-order valence-electron chi connectivity index (χ3n) is 13.9. The second-order valence-corrected chi connectivity index (χ2v) is 39.1. The molecule has 0 bridgehead atoms. The summed E-state index contributed by atoms with van der Waals surface area (Å²) in [4.78, 5) is 45.7. The third-order valence-corrected chi connectivity index (χ3v) is 31.9. The van der Waals surface area contributed by atoms with Gasteiger partial charge in [0.1, 0.15) is 0 Å². The molecule has 8 rings (SSSR count). The zero-order chi connectivity index (χ0) is 52.9. The quantitative estimate of drug-likeness (QED) is 0.114. The summed E-state index contributed by atoms with van der Waals surface area (Å²) in [5, 5.41) is 8.01. The summed E-state index contributed by atoms with van der Waals surface area (Å²) in [5.74, 6) is 0. The van der Waals surface area contributed by atoms with Crippen molar-refractivity contribution < 1.29 is 40.9 Å². The zero-order valence-electron chi connectivity index (χ0n) is 45.4. The summed E-state index contributed by atoms with van der Waals surface area (Å²) in [5.41, 5.74) is 0. The van der Waals surface area contributed by atoms with E-state index in [0.717, 1.165) is 41.5 Å². The minimum absolute atomic E-state index is 0. The van der Waals surface area contributed by atoms with Crippen molar-refractivity contribution in [2.75, 3.05) is 0 Å². The van der Waals surface area contributed by atoms with Crippen LogP contribution in [0.1, 0.15) is 83.1 Å². The molecule has 0 saturated heterocycles. The summed E-state index contributed by atoms with van der Waals surface area (Å²) < 4.78 is 0. The Morgan fingerprint density at radius 1 is 0.192 bits per heavy atom. The van der Waals surface area contributed by atoms with Crippen LogP contribution in [-0.2, 0) is 21.7 Å². The topological polar surface area (TPSA) is 80.9 Å². The van der Waals surface area contributed by atoms with Crippen molar-refractivity contribution in [3.05, 3.63) is 243 Å². The molecule has 0 fully saturated rings. The van der Waals surface area contributed by atoms with Gasteiger partial charge in [-0.2, -0.15) is 0 Å². The number of hydrogen-bond donors (Lipinski definition) is 4. The Morgan fingerprint density at radius 3 is 0.342 bits per heavy atom. The van der Waals surface area contributed by atoms with E-state index in [0.29, 0.717) is 0 Å². The molecule has 0 aromatic heterocycles. The SMILES string of the molecule is CC(C)(C)[Si](O)(c1ccccc1)c1ccccc1.CC(C)(C)[Si](O)(c1ccccc1)c1ccccc1.CC(C)(C)[Si](O)(c1ccccc1)c1ccccc1.CC(C)(C)[Si](O)(c1ccccc1)c1ccccc1.[Ti]. The Balaban J connectivity index is 0.000000210. The molecule has 0 aliphatic heterocycles. The molecule has 0 atom stereocenters. The molecule has 8 aromatic rings. The molecule has 0 aliphatic rings. The standard InChI is InChI=1S/4C16H20OSi.Ti/c4*1-16(2,3)18(17,14-10-6-4-7-11-14)15-12-8-5-9-13-15;/h4*4-13,17H,1-3H3;. The first-order chi connectivity index (χ1) is 33.8. The van der Waals surface area contributed by atoms with Crippen LogP contribution < -0.4 is 41.5 Å². The molecule has 0 spiro atoms. The largest absolute Gasteiger partial charge is 0.424 e. The molecular formula is C64H80O4Si4Ti. The van der Waals surface area contributed by atoms with Gasteiger partial charge in [-0.25, -0.2) is 0 Å². The van der Waals surface area contributed by atoms with Crippen molar-refractivity contribution in [1.82, 2.24) is 0 Å². The van der Waals surface area contributed by atoms with E-state index >= 15 is 0 Å². The molecule has 0 amide bonds. The van der Waals surface area contributed by atoms with Crippen molar-refractivity contribution in [3.8, 4) is 0 Å². The van der Waals surface area contributed by atoms with E-state index in [4.69, 9.17) is 0 Å². The van der Waals surface area contributed by atoms with E-state index < -0.39 is 33.3 Å². The van der Waals surface area contributed by atoms with Gasteiger partial charge < -0.3 is 19.2 Å². The van der Waals surface area contributed by atoms with E-state index in [1.54, 1.807) is 0 Å². The molecule has 73 heavy (non-hydrogen) atoms. The van der Waals surface area contributed by atoms with Crippen LogP contribution in [0.3, 0.4) is 0 Å². The minimum atomic E-state index is -2.70. The monoisotopic (exact) mass is 1070 g/mol. The normalized spacial score (nSPS) is 12.3. The fourth-order valence-electron chi connectivity index (χ4n) is 9.57. The van der Waals surface area contributed by atoms with Crippen LogP contribution >= 0.6 is 0 Å². The van der Waals surface area contributed by atoms with E-state index in [1.807, 2.05) is 243 Å². The molecule has 9 heteroatoms. The van der Waals surface area contributed by atoms with Crippen LogP contribution in [0.2, 0.25) is 20.2 Å². The first kappa shape index (κ1) is 60.7. The minimum Gasteiger partial charge on any atom is -0.424 e.